The van der Waals surface area contributed by atoms with E-state index in [-0.39, 0.29) is 11.9 Å². The molecule has 23 heavy (non-hydrogen) atoms. The molecule has 1 fully saturated rings. The Morgan fingerprint density at radius 2 is 2.22 bits per heavy atom. The quantitative estimate of drug-likeness (QED) is 0.802. The highest BCUT2D eigenvalue weighted by atomic mass is 16.4. The molecule has 6 heteroatoms. The Bertz CT molecular complexity index is 776. The maximum absolute atomic E-state index is 12.5. The highest BCUT2D eigenvalue weighted by Crippen LogP contribution is 2.28. The van der Waals surface area contributed by atoms with Crippen LogP contribution in [0.4, 0.5) is 6.01 Å². The smallest absolute Gasteiger partial charge is 0.299 e. The fraction of sp³-hybridized carbons (Fsp3) is 0.294. The van der Waals surface area contributed by atoms with Crippen LogP contribution in [-0.2, 0) is 11.3 Å². The van der Waals surface area contributed by atoms with E-state index < -0.39 is 0 Å². The third-order valence-electron chi connectivity index (χ3n) is 4.10. The van der Waals surface area contributed by atoms with Gasteiger partial charge < -0.3 is 19.1 Å². The summed E-state index contributed by atoms with van der Waals surface area (Å²) in [6.07, 6.45) is 3.34. The molecule has 0 bridgehead atoms. The highest BCUT2D eigenvalue weighted by Gasteiger charge is 2.33. The largest absolute Gasteiger partial charge is 0.467 e. The number of nitrogens with zero attached hydrogens (tertiary/aromatic N) is 2. The Labute approximate surface area is 133 Å². The maximum atomic E-state index is 12.5. The van der Waals surface area contributed by atoms with Crippen LogP contribution >= 0.6 is 0 Å². The van der Waals surface area contributed by atoms with Crippen LogP contribution in [0, 0.1) is 0 Å². The first-order chi connectivity index (χ1) is 11.3. The summed E-state index contributed by atoms with van der Waals surface area (Å²) < 4.78 is 11.0. The lowest BCUT2D eigenvalue weighted by Gasteiger charge is -2.21. The van der Waals surface area contributed by atoms with Gasteiger partial charge in [-0.2, -0.15) is 4.98 Å². The average Bonchev–Trinajstić information content (AvgIpc) is 3.31. The van der Waals surface area contributed by atoms with E-state index in [0.29, 0.717) is 12.6 Å². The monoisotopic (exact) mass is 311 g/mol. The summed E-state index contributed by atoms with van der Waals surface area (Å²) in [6, 6.07) is 11.5. The van der Waals surface area contributed by atoms with Gasteiger partial charge in [-0.25, -0.2) is 0 Å². The lowest BCUT2D eigenvalue weighted by Crippen LogP contribution is -2.43. The Morgan fingerprint density at radius 3 is 3.04 bits per heavy atom. The van der Waals surface area contributed by atoms with Gasteiger partial charge in [0.1, 0.15) is 17.3 Å². The van der Waals surface area contributed by atoms with Gasteiger partial charge in [0, 0.05) is 6.54 Å². The predicted molar refractivity (Wildman–Crippen MR) is 84.9 cm³/mol. The van der Waals surface area contributed by atoms with Crippen LogP contribution in [0.25, 0.3) is 11.1 Å². The molecular formula is C17H17N3O3. The Hall–Kier alpha value is -2.76. The molecule has 0 spiro atoms. The molecule has 2 aromatic heterocycles. The van der Waals surface area contributed by atoms with Crippen molar-refractivity contribution < 1.29 is 13.6 Å². The molecule has 1 aliphatic rings. The Morgan fingerprint density at radius 1 is 1.30 bits per heavy atom. The predicted octanol–water partition coefficient (Wildman–Crippen LogP) is 2.71. The molecule has 1 amide bonds. The third kappa shape index (κ3) is 2.67. The molecule has 0 unspecified atom stereocenters. The van der Waals surface area contributed by atoms with Crippen molar-refractivity contribution in [3.05, 3.63) is 48.4 Å². The van der Waals surface area contributed by atoms with Crippen LogP contribution in [0.3, 0.4) is 0 Å². The van der Waals surface area contributed by atoms with Gasteiger partial charge in [0.05, 0.1) is 12.8 Å². The van der Waals surface area contributed by atoms with E-state index in [1.165, 1.54) is 0 Å². The van der Waals surface area contributed by atoms with Crippen LogP contribution in [0.2, 0.25) is 0 Å². The zero-order valence-corrected chi connectivity index (χ0v) is 12.6. The normalized spacial score (nSPS) is 17.7. The van der Waals surface area contributed by atoms with Crippen LogP contribution < -0.4 is 10.2 Å². The number of hydrogen-bond donors (Lipinski definition) is 1. The summed E-state index contributed by atoms with van der Waals surface area (Å²) in [5.41, 5.74) is 1.55. The summed E-state index contributed by atoms with van der Waals surface area (Å²) in [6.45, 7) is 1.16. The summed E-state index contributed by atoms with van der Waals surface area (Å²) >= 11 is 0. The van der Waals surface area contributed by atoms with E-state index in [1.807, 2.05) is 41.3 Å². The van der Waals surface area contributed by atoms with Crippen molar-refractivity contribution in [2.75, 3.05) is 11.4 Å². The van der Waals surface area contributed by atoms with Crippen LogP contribution in [-0.4, -0.2) is 23.5 Å². The lowest BCUT2D eigenvalue weighted by atomic mass is 10.2. The number of benzene rings is 1. The molecule has 118 valence electrons. The number of anilines is 1. The minimum absolute atomic E-state index is 0.0267. The number of oxazole rings is 1. The maximum Gasteiger partial charge on any atom is 0.299 e. The standard InChI is InChI=1S/C17H17N3O3/c21-16(18-11-12-5-4-10-22-12)14-7-3-9-20(14)17-19-13-6-1-2-8-15(13)23-17/h1-2,4-6,8,10,14H,3,7,9,11H2,(H,18,21)/t14-/m0/s1. The fourth-order valence-electron chi connectivity index (χ4n) is 2.96. The molecule has 3 aromatic rings. The number of rotatable bonds is 4. The third-order valence-corrected chi connectivity index (χ3v) is 4.10. The van der Waals surface area contributed by atoms with Crippen LogP contribution in [0.15, 0.2) is 51.5 Å². The summed E-state index contributed by atoms with van der Waals surface area (Å²) in [5, 5.41) is 2.92. The zero-order chi connectivity index (χ0) is 15.6. The van der Waals surface area contributed by atoms with Gasteiger partial charge in [0.2, 0.25) is 5.91 Å². The number of para-hydroxylation sites is 2. The number of fused-ring (bicyclic) bond motifs is 1. The average molecular weight is 311 g/mol. The number of furan rings is 1. The van der Waals surface area contributed by atoms with Gasteiger partial charge in [-0.05, 0) is 37.1 Å². The van der Waals surface area contributed by atoms with Crippen molar-refractivity contribution in [3.63, 3.8) is 0 Å². The number of amides is 1. The van der Waals surface area contributed by atoms with Crippen molar-refractivity contribution in [2.45, 2.75) is 25.4 Å². The molecule has 1 saturated heterocycles. The van der Waals surface area contributed by atoms with Gasteiger partial charge in [0.25, 0.3) is 6.01 Å². The number of nitrogens with one attached hydrogen (secondary N) is 1. The van der Waals surface area contributed by atoms with E-state index in [4.69, 9.17) is 8.83 Å². The molecule has 0 saturated carbocycles. The molecule has 1 N–H and O–H groups in total. The number of carbonyl (C=O) groups is 1. The van der Waals surface area contributed by atoms with Crippen LogP contribution in [0.5, 0.6) is 0 Å². The van der Waals surface area contributed by atoms with Crippen molar-refractivity contribution >= 4 is 23.0 Å². The summed E-state index contributed by atoms with van der Waals surface area (Å²) in [5.74, 6) is 0.714. The molecule has 0 radical (unpaired) electrons. The van der Waals surface area contributed by atoms with Gasteiger partial charge in [-0.3, -0.25) is 4.79 Å². The molecular weight excluding hydrogens is 294 g/mol. The minimum atomic E-state index is -0.252. The minimum Gasteiger partial charge on any atom is -0.467 e. The lowest BCUT2D eigenvalue weighted by molar-refractivity contribution is -0.122. The molecule has 0 aliphatic carbocycles. The van der Waals surface area contributed by atoms with E-state index >= 15 is 0 Å². The fourth-order valence-corrected chi connectivity index (χ4v) is 2.96. The Kier molecular flexibility index (Phi) is 3.49. The molecule has 1 aliphatic heterocycles. The van der Waals surface area contributed by atoms with E-state index in [9.17, 15) is 4.79 Å². The first kappa shape index (κ1) is 13.9. The second-order valence-corrected chi connectivity index (χ2v) is 5.61. The van der Waals surface area contributed by atoms with Gasteiger partial charge in [-0.1, -0.05) is 12.1 Å². The molecule has 4 rings (SSSR count). The van der Waals surface area contributed by atoms with Crippen molar-refractivity contribution in [1.29, 1.82) is 0 Å². The molecule has 1 aromatic carbocycles. The number of carbonyl (C=O) groups excluding carboxylic acids is 1. The summed E-state index contributed by atoms with van der Waals surface area (Å²) in [4.78, 5) is 18.9. The van der Waals surface area contributed by atoms with E-state index in [2.05, 4.69) is 10.3 Å². The van der Waals surface area contributed by atoms with Crippen molar-refractivity contribution in [1.82, 2.24) is 10.3 Å². The molecule has 3 heterocycles. The topological polar surface area (TPSA) is 71.5 Å². The van der Waals surface area contributed by atoms with Gasteiger partial charge in [0.15, 0.2) is 5.58 Å². The SMILES string of the molecule is O=C(NCc1ccco1)[C@@H]1CCCN1c1nc2ccccc2o1. The van der Waals surface area contributed by atoms with Gasteiger partial charge >= 0.3 is 0 Å². The van der Waals surface area contributed by atoms with Crippen LogP contribution in [0.1, 0.15) is 18.6 Å². The number of hydrogen-bond acceptors (Lipinski definition) is 5. The zero-order valence-electron chi connectivity index (χ0n) is 12.6. The first-order valence-corrected chi connectivity index (χ1v) is 7.73. The Balaban J connectivity index is 1.50. The second-order valence-electron chi connectivity index (χ2n) is 5.61. The highest BCUT2D eigenvalue weighted by molar-refractivity contribution is 5.85. The first-order valence-electron chi connectivity index (χ1n) is 7.73. The number of aromatic nitrogens is 1. The van der Waals surface area contributed by atoms with Crippen molar-refractivity contribution in [2.24, 2.45) is 0 Å². The molecule has 6 nitrogen and oxygen atoms in total. The molecule has 1 atom stereocenters. The second kappa shape index (κ2) is 5.79. The van der Waals surface area contributed by atoms with E-state index in [0.717, 1.165) is 36.2 Å². The van der Waals surface area contributed by atoms with Gasteiger partial charge in [-0.15, -0.1) is 0 Å². The summed E-state index contributed by atoms with van der Waals surface area (Å²) in [7, 11) is 0. The van der Waals surface area contributed by atoms with E-state index in [1.54, 1.807) is 6.26 Å². The van der Waals surface area contributed by atoms with Crippen molar-refractivity contribution in [3.8, 4) is 0 Å².